The first kappa shape index (κ1) is 30.0. The summed E-state index contributed by atoms with van der Waals surface area (Å²) < 4.78 is 37.8. The van der Waals surface area contributed by atoms with Gasteiger partial charge in [-0.3, -0.25) is 14.3 Å². The van der Waals surface area contributed by atoms with Crippen LogP contribution < -0.4 is 15.0 Å². The Balaban J connectivity index is 0.00000417. The molecule has 1 aromatic heterocycles. The Hall–Kier alpha value is -5.08. The molecule has 1 fully saturated rings. The van der Waals surface area contributed by atoms with Gasteiger partial charge in [0, 0.05) is 37.0 Å². The van der Waals surface area contributed by atoms with Crippen molar-refractivity contribution in [3.63, 3.8) is 0 Å². The Morgan fingerprint density at radius 2 is 1.76 bits per heavy atom. The molecule has 0 saturated carbocycles. The molecular weight excluding hydrogens is 578 g/mol. The van der Waals surface area contributed by atoms with Crippen LogP contribution in [0.3, 0.4) is 0 Å². The van der Waals surface area contributed by atoms with Gasteiger partial charge < -0.3 is 19.9 Å². The molecule has 9 nitrogen and oxygen atoms in total. The number of benzene rings is 3. The first-order valence-corrected chi connectivity index (χ1v) is 14.8. The Labute approximate surface area is 261 Å². The highest BCUT2D eigenvalue weighted by Crippen LogP contribution is 2.37. The molecule has 2 amide bonds. The fourth-order valence-electron chi connectivity index (χ4n) is 5.86. The van der Waals surface area contributed by atoms with E-state index in [2.05, 4.69) is 28.4 Å². The lowest BCUT2D eigenvalue weighted by atomic mass is 9.99. The van der Waals surface area contributed by atoms with Gasteiger partial charge in [0.2, 0.25) is 0 Å². The predicted molar refractivity (Wildman–Crippen MR) is 167 cm³/mol. The summed E-state index contributed by atoms with van der Waals surface area (Å²) in [6.45, 7) is 3.97. The molecule has 45 heavy (non-hydrogen) atoms. The standard InChI is InChI=1S/C34H32F2N6O3.H2/c1-22-21-41-31(33(44)42(22)27-11-8-25(9-12-27)34(35,36)24-6-4-3-5-7-24)29(20-38-41)32(43)39-26-10-13-30(23(18-26)19-37)45-28-14-16-40(2)17-15-28;/h3-13,18,20,22,28H,14-17,21H2,1-2H3,(H,39,43);1H/t22-;/m0./s1. The zero-order valence-corrected chi connectivity index (χ0v) is 24.9. The van der Waals surface area contributed by atoms with Gasteiger partial charge in [-0.05, 0) is 57.1 Å². The number of aromatic nitrogens is 2. The second kappa shape index (κ2) is 12.1. The number of likely N-dealkylation sites (tertiary alicyclic amines) is 1. The van der Waals surface area contributed by atoms with Crippen LogP contribution in [0.25, 0.3) is 0 Å². The topological polar surface area (TPSA) is 103 Å². The number of halogens is 2. The van der Waals surface area contributed by atoms with Crippen molar-refractivity contribution in [3.8, 4) is 11.8 Å². The van der Waals surface area contributed by atoms with E-state index in [1.807, 2.05) is 6.92 Å². The minimum absolute atomic E-state index is 0. The van der Waals surface area contributed by atoms with Crippen molar-refractivity contribution in [2.75, 3.05) is 30.4 Å². The molecule has 11 heteroatoms. The number of nitrogens with zero attached hydrogens (tertiary/aromatic N) is 5. The van der Waals surface area contributed by atoms with E-state index < -0.39 is 17.7 Å². The monoisotopic (exact) mass is 612 g/mol. The van der Waals surface area contributed by atoms with Gasteiger partial charge in [-0.15, -0.1) is 0 Å². The minimum atomic E-state index is -3.20. The molecule has 3 heterocycles. The zero-order valence-electron chi connectivity index (χ0n) is 24.9. The number of nitriles is 1. The summed E-state index contributed by atoms with van der Waals surface area (Å²) in [6, 6.07) is 19.8. The molecule has 6 rings (SSSR count). The third-order valence-electron chi connectivity index (χ3n) is 8.34. The van der Waals surface area contributed by atoms with E-state index in [0.29, 0.717) is 29.2 Å². The van der Waals surface area contributed by atoms with Crippen molar-refractivity contribution < 1.29 is 24.5 Å². The summed E-state index contributed by atoms with van der Waals surface area (Å²) in [5.41, 5.74) is 0.927. The van der Waals surface area contributed by atoms with Crippen LogP contribution in [0.15, 0.2) is 79.0 Å². The van der Waals surface area contributed by atoms with E-state index in [0.717, 1.165) is 25.9 Å². The number of nitrogens with one attached hydrogen (secondary N) is 1. The van der Waals surface area contributed by atoms with Crippen LogP contribution in [0.1, 0.15) is 58.7 Å². The van der Waals surface area contributed by atoms with Crippen molar-refractivity contribution in [1.29, 1.82) is 5.26 Å². The first-order valence-electron chi connectivity index (χ1n) is 14.8. The summed E-state index contributed by atoms with van der Waals surface area (Å²) in [7, 11) is 2.06. The highest BCUT2D eigenvalue weighted by atomic mass is 19.3. The average Bonchev–Trinajstić information content (AvgIpc) is 3.48. The molecule has 4 aromatic rings. The van der Waals surface area contributed by atoms with Crippen LogP contribution in [0.4, 0.5) is 20.2 Å². The first-order chi connectivity index (χ1) is 21.7. The van der Waals surface area contributed by atoms with Crippen LogP contribution in [-0.2, 0) is 12.5 Å². The molecule has 0 bridgehead atoms. The lowest BCUT2D eigenvalue weighted by molar-refractivity contribution is 0.0428. The zero-order chi connectivity index (χ0) is 31.7. The smallest absolute Gasteiger partial charge is 0.298 e. The number of piperidine rings is 1. The molecule has 232 valence electrons. The van der Waals surface area contributed by atoms with Crippen molar-refractivity contribution in [2.24, 2.45) is 0 Å². The quantitative estimate of drug-likeness (QED) is 0.278. The van der Waals surface area contributed by atoms with E-state index in [1.165, 1.54) is 52.2 Å². The number of hydrogen-bond donors (Lipinski definition) is 1. The number of amides is 2. The molecule has 1 N–H and O–H groups in total. The fraction of sp³-hybridized carbons (Fsp3) is 0.294. The predicted octanol–water partition coefficient (Wildman–Crippen LogP) is 5.92. The maximum Gasteiger partial charge on any atom is 0.298 e. The number of carbonyl (C=O) groups excluding carboxylic acids is 2. The lowest BCUT2D eigenvalue weighted by Crippen LogP contribution is -2.47. The summed E-state index contributed by atoms with van der Waals surface area (Å²) in [5, 5.41) is 16.8. The highest BCUT2D eigenvalue weighted by Gasteiger charge is 2.37. The largest absolute Gasteiger partial charge is 0.489 e. The summed E-state index contributed by atoms with van der Waals surface area (Å²) in [6.07, 6.45) is 3.08. The van der Waals surface area contributed by atoms with Crippen LogP contribution >= 0.6 is 0 Å². The number of anilines is 2. The average molecular weight is 613 g/mol. The van der Waals surface area contributed by atoms with Crippen LogP contribution in [0.5, 0.6) is 5.75 Å². The number of hydrogen-bond acceptors (Lipinski definition) is 6. The van der Waals surface area contributed by atoms with Gasteiger partial charge >= 0.3 is 0 Å². The van der Waals surface area contributed by atoms with Crippen molar-refractivity contribution in [1.82, 2.24) is 14.7 Å². The highest BCUT2D eigenvalue weighted by molar-refractivity contribution is 6.15. The molecule has 0 radical (unpaired) electrons. The molecule has 0 spiro atoms. The van der Waals surface area contributed by atoms with Gasteiger partial charge in [0.05, 0.1) is 29.9 Å². The second-order valence-electron chi connectivity index (χ2n) is 11.5. The van der Waals surface area contributed by atoms with E-state index in [9.17, 15) is 14.9 Å². The molecule has 3 aromatic carbocycles. The summed E-state index contributed by atoms with van der Waals surface area (Å²) >= 11 is 0. The third-order valence-corrected chi connectivity index (χ3v) is 8.34. The number of alkyl halides is 2. The van der Waals surface area contributed by atoms with Gasteiger partial charge in [0.25, 0.3) is 17.7 Å². The minimum Gasteiger partial charge on any atom is -0.489 e. The van der Waals surface area contributed by atoms with Crippen molar-refractivity contribution in [2.45, 2.75) is 44.4 Å². The number of ether oxygens (including phenoxy) is 1. The molecule has 1 atom stereocenters. The Morgan fingerprint density at radius 1 is 1.07 bits per heavy atom. The Bertz CT molecular complexity index is 1770. The summed E-state index contributed by atoms with van der Waals surface area (Å²) in [4.78, 5) is 30.9. The van der Waals surface area contributed by atoms with Crippen molar-refractivity contribution >= 4 is 23.2 Å². The SMILES string of the molecule is C[C@H]1Cn2ncc(C(=O)Nc3ccc(OC4CCN(C)CC4)c(C#N)c3)c2C(=O)N1c1ccc(C(F)(F)c2ccccc2)cc1.[HH]. The Kier molecular flexibility index (Phi) is 8.08. The Morgan fingerprint density at radius 3 is 2.44 bits per heavy atom. The normalized spacial score (nSPS) is 17.4. The van der Waals surface area contributed by atoms with E-state index >= 15 is 8.78 Å². The van der Waals surface area contributed by atoms with E-state index in [4.69, 9.17) is 4.74 Å². The lowest BCUT2D eigenvalue weighted by Gasteiger charge is -2.34. The molecule has 1 saturated heterocycles. The summed E-state index contributed by atoms with van der Waals surface area (Å²) in [5.74, 6) is -3.78. The molecule has 0 unspecified atom stereocenters. The molecule has 2 aliphatic rings. The van der Waals surface area contributed by atoms with Gasteiger partial charge in [0.1, 0.15) is 23.6 Å². The fourth-order valence-corrected chi connectivity index (χ4v) is 5.86. The van der Waals surface area contributed by atoms with Crippen LogP contribution in [-0.4, -0.2) is 58.8 Å². The van der Waals surface area contributed by atoms with Gasteiger partial charge in [-0.1, -0.05) is 42.5 Å². The third kappa shape index (κ3) is 5.89. The maximum atomic E-state index is 15.1. The van der Waals surface area contributed by atoms with Gasteiger partial charge in [0.15, 0.2) is 0 Å². The van der Waals surface area contributed by atoms with Gasteiger partial charge in [-0.25, -0.2) is 0 Å². The van der Waals surface area contributed by atoms with Crippen LogP contribution in [0, 0.1) is 11.3 Å². The molecule has 0 aliphatic carbocycles. The second-order valence-corrected chi connectivity index (χ2v) is 11.5. The molecular formula is C34H34F2N6O3. The maximum absolute atomic E-state index is 15.1. The van der Waals surface area contributed by atoms with Crippen LogP contribution in [0.2, 0.25) is 0 Å². The van der Waals surface area contributed by atoms with E-state index in [1.54, 1.807) is 36.4 Å². The van der Waals surface area contributed by atoms with E-state index in [-0.39, 0.29) is 36.0 Å². The number of rotatable bonds is 7. The van der Waals surface area contributed by atoms with Crippen molar-refractivity contribution in [3.05, 3.63) is 107 Å². The molecule has 2 aliphatic heterocycles. The number of carbonyl (C=O) groups is 2. The number of fused-ring (bicyclic) bond motifs is 1. The van der Waals surface area contributed by atoms with Gasteiger partial charge in [-0.2, -0.15) is 19.1 Å².